The number of amides is 1. The second kappa shape index (κ2) is 7.31. The summed E-state index contributed by atoms with van der Waals surface area (Å²) in [5.74, 6) is -1.09. The maximum atomic E-state index is 12.3. The zero-order chi connectivity index (χ0) is 17.6. The number of aliphatic carboxylic acids is 1. The fourth-order valence-electron chi connectivity index (χ4n) is 2.16. The molecule has 1 heterocycles. The van der Waals surface area contributed by atoms with Crippen LogP contribution in [0, 0.1) is 0 Å². The van der Waals surface area contributed by atoms with Crippen molar-refractivity contribution in [2.24, 2.45) is 0 Å². The van der Waals surface area contributed by atoms with E-state index in [1.807, 2.05) is 12.1 Å². The maximum Gasteiger partial charge on any atom is 0.341 e. The minimum Gasteiger partial charge on any atom is -0.482 e. The van der Waals surface area contributed by atoms with Crippen molar-refractivity contribution in [1.29, 1.82) is 0 Å². The molecule has 7 heteroatoms. The molecule has 0 atom stereocenters. The highest BCUT2D eigenvalue weighted by Crippen LogP contribution is 2.20. The van der Waals surface area contributed by atoms with Crippen LogP contribution in [0.25, 0.3) is 11.3 Å². The third kappa shape index (κ3) is 4.23. The Morgan fingerprint density at radius 3 is 2.60 bits per heavy atom. The molecular weight excluding hydrogens is 324 g/mol. The van der Waals surface area contributed by atoms with E-state index in [0.717, 1.165) is 5.56 Å². The number of rotatable bonds is 6. The molecule has 126 valence electrons. The standard InChI is InChI=1S/C18H14N2O5/c21-17(22)11-24-15-3-1-2-13(10-15)18(23)19-14-6-4-12(5-7-14)16-8-9-25-20-16/h1-10H,11H2,(H,19,23)(H,21,22). The highest BCUT2D eigenvalue weighted by Gasteiger charge is 2.09. The van der Waals surface area contributed by atoms with Crippen LogP contribution in [-0.4, -0.2) is 28.7 Å². The van der Waals surface area contributed by atoms with E-state index in [9.17, 15) is 9.59 Å². The van der Waals surface area contributed by atoms with Crippen LogP contribution >= 0.6 is 0 Å². The van der Waals surface area contributed by atoms with E-state index in [4.69, 9.17) is 14.4 Å². The number of ether oxygens (including phenoxy) is 1. The van der Waals surface area contributed by atoms with Gasteiger partial charge in [-0.3, -0.25) is 4.79 Å². The van der Waals surface area contributed by atoms with Crippen LogP contribution in [0.15, 0.2) is 65.4 Å². The smallest absolute Gasteiger partial charge is 0.341 e. The van der Waals surface area contributed by atoms with Crippen molar-refractivity contribution in [3.05, 3.63) is 66.4 Å². The number of nitrogens with zero attached hydrogens (tertiary/aromatic N) is 1. The molecule has 1 aromatic heterocycles. The first-order chi connectivity index (χ1) is 12.1. The average Bonchev–Trinajstić information content (AvgIpc) is 3.15. The number of carboxylic acids is 1. The topological polar surface area (TPSA) is 102 Å². The van der Waals surface area contributed by atoms with Gasteiger partial charge >= 0.3 is 5.97 Å². The van der Waals surface area contributed by atoms with E-state index in [1.54, 1.807) is 36.4 Å². The van der Waals surface area contributed by atoms with Crippen molar-refractivity contribution < 1.29 is 24.0 Å². The molecule has 0 aliphatic carbocycles. The number of benzene rings is 2. The largest absolute Gasteiger partial charge is 0.482 e. The first-order valence-corrected chi connectivity index (χ1v) is 7.38. The van der Waals surface area contributed by atoms with E-state index < -0.39 is 12.6 Å². The Hall–Kier alpha value is -3.61. The minimum atomic E-state index is -1.08. The van der Waals surface area contributed by atoms with Gasteiger partial charge in [0.1, 0.15) is 17.7 Å². The molecule has 0 saturated carbocycles. The monoisotopic (exact) mass is 338 g/mol. The average molecular weight is 338 g/mol. The lowest BCUT2D eigenvalue weighted by Crippen LogP contribution is -2.13. The summed E-state index contributed by atoms with van der Waals surface area (Å²) in [7, 11) is 0. The van der Waals surface area contributed by atoms with Crippen molar-refractivity contribution in [3.63, 3.8) is 0 Å². The van der Waals surface area contributed by atoms with Gasteiger partial charge in [0.2, 0.25) is 0 Å². The minimum absolute atomic E-state index is 0.316. The quantitative estimate of drug-likeness (QED) is 0.716. The molecule has 0 bridgehead atoms. The first-order valence-electron chi connectivity index (χ1n) is 7.38. The predicted octanol–water partition coefficient (Wildman–Crippen LogP) is 3.06. The van der Waals surface area contributed by atoms with Crippen LogP contribution < -0.4 is 10.1 Å². The van der Waals surface area contributed by atoms with Crippen molar-refractivity contribution in [1.82, 2.24) is 5.16 Å². The Labute approximate surface area is 142 Å². The lowest BCUT2D eigenvalue weighted by molar-refractivity contribution is -0.139. The zero-order valence-electron chi connectivity index (χ0n) is 13.0. The molecule has 25 heavy (non-hydrogen) atoms. The number of nitrogens with one attached hydrogen (secondary N) is 1. The molecule has 0 fully saturated rings. The number of carboxylic acid groups (broad SMARTS) is 1. The molecule has 2 aromatic carbocycles. The van der Waals surface area contributed by atoms with Crippen LogP contribution in [-0.2, 0) is 4.79 Å². The van der Waals surface area contributed by atoms with E-state index in [1.165, 1.54) is 12.3 Å². The summed E-state index contributed by atoms with van der Waals surface area (Å²) >= 11 is 0. The Bertz CT molecular complexity index is 873. The molecule has 7 nitrogen and oxygen atoms in total. The summed E-state index contributed by atoms with van der Waals surface area (Å²) < 4.78 is 9.87. The molecule has 0 unspecified atom stereocenters. The zero-order valence-corrected chi connectivity index (χ0v) is 13.0. The molecule has 0 spiro atoms. The SMILES string of the molecule is O=C(O)COc1cccc(C(=O)Nc2ccc(-c3ccon3)cc2)c1. The summed E-state index contributed by atoms with van der Waals surface area (Å²) in [6.07, 6.45) is 1.49. The first kappa shape index (κ1) is 16.3. The maximum absolute atomic E-state index is 12.3. The number of carbonyl (C=O) groups is 2. The van der Waals surface area contributed by atoms with E-state index in [2.05, 4.69) is 10.5 Å². The van der Waals surface area contributed by atoms with Crippen LogP contribution in [0.4, 0.5) is 5.69 Å². The Morgan fingerprint density at radius 2 is 1.92 bits per heavy atom. The highest BCUT2D eigenvalue weighted by atomic mass is 16.5. The lowest BCUT2D eigenvalue weighted by Gasteiger charge is -2.08. The summed E-state index contributed by atoms with van der Waals surface area (Å²) in [5.41, 5.74) is 2.56. The van der Waals surface area contributed by atoms with Crippen LogP contribution in [0.1, 0.15) is 10.4 Å². The Balaban J connectivity index is 1.67. The molecule has 3 rings (SSSR count). The summed E-state index contributed by atoms with van der Waals surface area (Å²) in [4.78, 5) is 22.8. The van der Waals surface area contributed by atoms with E-state index in [0.29, 0.717) is 22.7 Å². The molecule has 0 aliphatic rings. The van der Waals surface area contributed by atoms with Gasteiger partial charge in [-0.15, -0.1) is 0 Å². The van der Waals surface area contributed by atoms with Gasteiger partial charge in [0.15, 0.2) is 6.61 Å². The number of carbonyl (C=O) groups excluding carboxylic acids is 1. The van der Waals surface area contributed by atoms with Crippen LogP contribution in [0.3, 0.4) is 0 Å². The second-order valence-electron chi connectivity index (χ2n) is 5.13. The van der Waals surface area contributed by atoms with E-state index >= 15 is 0 Å². The summed E-state index contributed by atoms with van der Waals surface area (Å²) in [6, 6.07) is 15.2. The van der Waals surface area contributed by atoms with Gasteiger partial charge in [-0.25, -0.2) is 4.79 Å². The van der Waals surface area contributed by atoms with Gasteiger partial charge in [-0.05, 0) is 30.3 Å². The molecule has 0 saturated heterocycles. The lowest BCUT2D eigenvalue weighted by atomic mass is 10.1. The fraction of sp³-hybridized carbons (Fsp3) is 0.0556. The third-order valence-corrected chi connectivity index (χ3v) is 3.33. The van der Waals surface area contributed by atoms with Crippen LogP contribution in [0.5, 0.6) is 5.75 Å². The van der Waals surface area contributed by atoms with Crippen molar-refractivity contribution in [2.75, 3.05) is 11.9 Å². The fourth-order valence-corrected chi connectivity index (χ4v) is 2.16. The summed E-state index contributed by atoms with van der Waals surface area (Å²) in [6.45, 7) is -0.464. The number of anilines is 1. The molecule has 0 aliphatic heterocycles. The molecule has 0 radical (unpaired) electrons. The van der Waals surface area contributed by atoms with Gasteiger partial charge in [-0.1, -0.05) is 23.4 Å². The van der Waals surface area contributed by atoms with Crippen molar-refractivity contribution in [2.45, 2.75) is 0 Å². The normalized spacial score (nSPS) is 10.2. The predicted molar refractivity (Wildman–Crippen MR) is 89.5 cm³/mol. The van der Waals surface area contributed by atoms with E-state index in [-0.39, 0.29) is 5.91 Å². The Kier molecular flexibility index (Phi) is 4.75. The van der Waals surface area contributed by atoms with Gasteiger partial charge in [0, 0.05) is 22.9 Å². The molecule has 3 aromatic rings. The number of hydrogen-bond donors (Lipinski definition) is 2. The van der Waals surface area contributed by atoms with Gasteiger partial charge < -0.3 is 19.7 Å². The third-order valence-electron chi connectivity index (χ3n) is 3.33. The van der Waals surface area contributed by atoms with Gasteiger partial charge in [0.05, 0.1) is 0 Å². The molecule has 2 N–H and O–H groups in total. The number of aromatic nitrogens is 1. The molecule has 1 amide bonds. The van der Waals surface area contributed by atoms with Gasteiger partial charge in [-0.2, -0.15) is 0 Å². The second-order valence-corrected chi connectivity index (χ2v) is 5.13. The highest BCUT2D eigenvalue weighted by molar-refractivity contribution is 6.04. The van der Waals surface area contributed by atoms with Crippen LogP contribution in [0.2, 0.25) is 0 Å². The van der Waals surface area contributed by atoms with Crippen molar-refractivity contribution >= 4 is 17.6 Å². The Morgan fingerprint density at radius 1 is 1.12 bits per heavy atom. The number of hydrogen-bond acceptors (Lipinski definition) is 5. The molecular formula is C18H14N2O5. The van der Waals surface area contributed by atoms with Gasteiger partial charge in [0.25, 0.3) is 5.91 Å². The van der Waals surface area contributed by atoms with Crippen molar-refractivity contribution in [3.8, 4) is 17.0 Å². The summed E-state index contributed by atoms with van der Waals surface area (Å²) in [5, 5.41) is 15.2.